The van der Waals surface area contributed by atoms with Gasteiger partial charge in [0.05, 0.1) is 11.7 Å². The van der Waals surface area contributed by atoms with Gasteiger partial charge in [-0.1, -0.05) is 11.6 Å². The molecule has 2 unspecified atom stereocenters. The molecule has 1 aliphatic heterocycles. The van der Waals surface area contributed by atoms with Gasteiger partial charge >= 0.3 is 0 Å². The predicted molar refractivity (Wildman–Crippen MR) is 70.2 cm³/mol. The molecule has 2 rings (SSSR count). The molecule has 102 valence electrons. The second-order valence-corrected chi connectivity index (χ2v) is 4.86. The van der Waals surface area contributed by atoms with Crippen molar-refractivity contribution in [1.29, 1.82) is 0 Å². The van der Waals surface area contributed by atoms with E-state index in [-0.39, 0.29) is 18.9 Å². The maximum Gasteiger partial charge on any atom is 0.256 e. The van der Waals surface area contributed by atoms with Crippen LogP contribution in [0.2, 0.25) is 0 Å². The fourth-order valence-electron chi connectivity index (χ4n) is 2.32. The Hall–Kier alpha value is -2.08. The largest absolute Gasteiger partial charge is 0.398 e. The van der Waals surface area contributed by atoms with Gasteiger partial charge in [0.2, 0.25) is 5.91 Å². The van der Waals surface area contributed by atoms with Crippen LogP contribution in [-0.2, 0) is 4.79 Å². The van der Waals surface area contributed by atoms with Gasteiger partial charge in [-0.3, -0.25) is 9.59 Å². The molecule has 0 saturated carbocycles. The molecule has 6 heteroatoms. The number of nitrogen functional groups attached to an aromatic ring is 1. The summed E-state index contributed by atoms with van der Waals surface area (Å²) < 4.78 is 0. The van der Waals surface area contributed by atoms with Gasteiger partial charge in [-0.25, -0.2) is 0 Å². The summed E-state index contributed by atoms with van der Waals surface area (Å²) in [7, 11) is 0. The summed E-state index contributed by atoms with van der Waals surface area (Å²) in [4.78, 5) is 25.0. The van der Waals surface area contributed by atoms with Crippen molar-refractivity contribution >= 4 is 17.5 Å². The zero-order valence-electron chi connectivity index (χ0n) is 10.7. The van der Waals surface area contributed by atoms with E-state index in [0.717, 1.165) is 5.56 Å². The second-order valence-electron chi connectivity index (χ2n) is 4.86. The van der Waals surface area contributed by atoms with Crippen molar-refractivity contribution in [3.05, 3.63) is 29.3 Å². The molecule has 0 aromatic heterocycles. The molecule has 1 fully saturated rings. The molecule has 1 aliphatic rings. The maximum atomic E-state index is 12.4. The Bertz CT molecular complexity index is 530. The topological polar surface area (TPSA) is 110 Å². The number of rotatable bonds is 2. The minimum atomic E-state index is -0.776. The zero-order valence-corrected chi connectivity index (χ0v) is 10.7. The molecule has 6 nitrogen and oxygen atoms in total. The quantitative estimate of drug-likeness (QED) is 0.633. The van der Waals surface area contributed by atoms with Crippen LogP contribution in [0, 0.1) is 6.92 Å². The SMILES string of the molecule is Cc1ccc(N)c(C(=O)N2CC(O)CC2C(N)=O)c1. The summed E-state index contributed by atoms with van der Waals surface area (Å²) in [6.07, 6.45) is -0.556. The number of likely N-dealkylation sites (tertiary alicyclic amines) is 1. The number of benzene rings is 1. The number of anilines is 1. The molecule has 1 saturated heterocycles. The van der Waals surface area contributed by atoms with Crippen molar-refractivity contribution in [3.8, 4) is 0 Å². The molecule has 1 aromatic rings. The highest BCUT2D eigenvalue weighted by atomic mass is 16.3. The molecule has 19 heavy (non-hydrogen) atoms. The van der Waals surface area contributed by atoms with Crippen molar-refractivity contribution in [3.63, 3.8) is 0 Å². The van der Waals surface area contributed by atoms with E-state index in [2.05, 4.69) is 0 Å². The number of aliphatic hydroxyl groups is 1. The molecule has 0 spiro atoms. The number of hydrogen-bond donors (Lipinski definition) is 3. The van der Waals surface area contributed by atoms with Gasteiger partial charge in [-0.05, 0) is 19.1 Å². The minimum Gasteiger partial charge on any atom is -0.398 e. The molecular weight excluding hydrogens is 246 g/mol. The number of β-amino-alcohol motifs (C(OH)–C–C–N with tert-alkyl or cyclic N) is 1. The fraction of sp³-hybridized carbons (Fsp3) is 0.385. The third-order valence-electron chi connectivity index (χ3n) is 3.31. The summed E-state index contributed by atoms with van der Waals surface area (Å²) in [5.41, 5.74) is 12.6. The highest BCUT2D eigenvalue weighted by Crippen LogP contribution is 2.23. The number of carbonyl (C=O) groups is 2. The van der Waals surface area contributed by atoms with Crippen LogP contribution in [0.15, 0.2) is 18.2 Å². The minimum absolute atomic E-state index is 0.0970. The Labute approximate surface area is 111 Å². The van der Waals surface area contributed by atoms with Crippen LogP contribution in [0.3, 0.4) is 0 Å². The van der Waals surface area contributed by atoms with E-state index in [1.807, 2.05) is 6.92 Å². The summed E-state index contributed by atoms with van der Waals surface area (Å²) in [6.45, 7) is 1.94. The van der Waals surface area contributed by atoms with E-state index in [0.29, 0.717) is 11.3 Å². The van der Waals surface area contributed by atoms with Gasteiger partial charge in [-0.2, -0.15) is 0 Å². The molecule has 0 radical (unpaired) electrons. The Balaban J connectivity index is 2.33. The lowest BCUT2D eigenvalue weighted by molar-refractivity contribution is -0.121. The van der Waals surface area contributed by atoms with Gasteiger partial charge in [0.15, 0.2) is 0 Å². The number of carbonyl (C=O) groups excluding carboxylic acids is 2. The van der Waals surface area contributed by atoms with Gasteiger partial charge in [0.25, 0.3) is 5.91 Å². The molecule has 2 amide bonds. The number of amides is 2. The Kier molecular flexibility index (Phi) is 3.44. The lowest BCUT2D eigenvalue weighted by atomic mass is 10.1. The molecule has 1 aromatic carbocycles. The molecule has 5 N–H and O–H groups in total. The fourth-order valence-corrected chi connectivity index (χ4v) is 2.32. The first-order chi connectivity index (χ1) is 8.90. The Morgan fingerprint density at radius 3 is 2.74 bits per heavy atom. The first-order valence-corrected chi connectivity index (χ1v) is 6.04. The third-order valence-corrected chi connectivity index (χ3v) is 3.31. The van der Waals surface area contributed by atoms with Crippen LogP contribution >= 0.6 is 0 Å². The predicted octanol–water partition coefficient (Wildman–Crippen LogP) is -0.362. The van der Waals surface area contributed by atoms with Crippen LogP contribution in [0.1, 0.15) is 22.3 Å². The van der Waals surface area contributed by atoms with Crippen molar-refractivity contribution in [2.24, 2.45) is 5.73 Å². The van der Waals surface area contributed by atoms with Gasteiger partial charge in [-0.15, -0.1) is 0 Å². The number of nitrogens with two attached hydrogens (primary N) is 2. The molecule has 0 aliphatic carbocycles. The molecule has 0 bridgehead atoms. The smallest absolute Gasteiger partial charge is 0.256 e. The summed E-state index contributed by atoms with van der Waals surface area (Å²) in [6, 6.07) is 4.34. The van der Waals surface area contributed by atoms with Crippen LogP contribution in [0.5, 0.6) is 0 Å². The highest BCUT2D eigenvalue weighted by molar-refractivity contribution is 6.01. The van der Waals surface area contributed by atoms with Gasteiger partial charge in [0, 0.05) is 18.7 Å². The van der Waals surface area contributed by atoms with Crippen LogP contribution in [0.4, 0.5) is 5.69 Å². The zero-order chi connectivity index (χ0) is 14.2. The third kappa shape index (κ3) is 2.53. The average Bonchev–Trinajstić information content (AvgIpc) is 2.74. The molecule has 2 atom stereocenters. The van der Waals surface area contributed by atoms with Crippen LogP contribution in [-0.4, -0.2) is 40.5 Å². The molecular formula is C13H17N3O3. The van der Waals surface area contributed by atoms with Crippen molar-refractivity contribution in [2.45, 2.75) is 25.5 Å². The van der Waals surface area contributed by atoms with E-state index in [9.17, 15) is 14.7 Å². The van der Waals surface area contributed by atoms with E-state index in [4.69, 9.17) is 11.5 Å². The number of nitrogens with zero attached hydrogens (tertiary/aromatic N) is 1. The second kappa shape index (κ2) is 4.89. The standard InChI is InChI=1S/C13H17N3O3/c1-7-2-3-10(14)9(4-7)13(19)16-6-8(17)5-11(16)12(15)18/h2-4,8,11,17H,5-6,14H2,1H3,(H2,15,18). The first-order valence-electron chi connectivity index (χ1n) is 6.04. The lowest BCUT2D eigenvalue weighted by Crippen LogP contribution is -2.44. The van der Waals surface area contributed by atoms with E-state index < -0.39 is 18.1 Å². The highest BCUT2D eigenvalue weighted by Gasteiger charge is 2.38. The van der Waals surface area contributed by atoms with E-state index in [1.165, 1.54) is 4.90 Å². The Morgan fingerprint density at radius 2 is 2.11 bits per heavy atom. The normalized spacial score (nSPS) is 22.5. The van der Waals surface area contributed by atoms with Crippen LogP contribution < -0.4 is 11.5 Å². The van der Waals surface area contributed by atoms with E-state index >= 15 is 0 Å². The van der Waals surface area contributed by atoms with E-state index in [1.54, 1.807) is 18.2 Å². The summed E-state index contributed by atoms with van der Waals surface area (Å²) >= 11 is 0. The van der Waals surface area contributed by atoms with Crippen molar-refractivity contribution in [1.82, 2.24) is 4.90 Å². The monoisotopic (exact) mass is 263 g/mol. The van der Waals surface area contributed by atoms with Gasteiger partial charge in [0.1, 0.15) is 6.04 Å². The number of primary amides is 1. The first kappa shape index (κ1) is 13.4. The lowest BCUT2D eigenvalue weighted by Gasteiger charge is -2.22. The van der Waals surface area contributed by atoms with Crippen LogP contribution in [0.25, 0.3) is 0 Å². The number of aliphatic hydroxyl groups excluding tert-OH is 1. The van der Waals surface area contributed by atoms with Crippen molar-refractivity contribution < 1.29 is 14.7 Å². The summed E-state index contributed by atoms with van der Waals surface area (Å²) in [5, 5.41) is 9.61. The average molecular weight is 263 g/mol. The van der Waals surface area contributed by atoms with Crippen molar-refractivity contribution in [2.75, 3.05) is 12.3 Å². The molecule has 1 heterocycles. The number of hydrogen-bond acceptors (Lipinski definition) is 4. The van der Waals surface area contributed by atoms with Gasteiger partial charge < -0.3 is 21.5 Å². The Morgan fingerprint density at radius 1 is 1.42 bits per heavy atom. The number of aryl methyl sites for hydroxylation is 1. The maximum absolute atomic E-state index is 12.4. The summed E-state index contributed by atoms with van der Waals surface area (Å²) in [5.74, 6) is -0.988.